The number of nitrogens with zero attached hydrogens (tertiary/aromatic N) is 2. The van der Waals surface area contributed by atoms with Gasteiger partial charge < -0.3 is 19.5 Å². The molecule has 2 atom stereocenters. The molecule has 1 N–H and O–H groups in total. The highest BCUT2D eigenvalue weighted by molar-refractivity contribution is 8.00. The van der Waals surface area contributed by atoms with E-state index in [1.54, 1.807) is 29.7 Å². The van der Waals surface area contributed by atoms with Gasteiger partial charge in [0.2, 0.25) is 5.91 Å². The fourth-order valence-electron chi connectivity index (χ4n) is 3.65. The van der Waals surface area contributed by atoms with Crippen molar-refractivity contribution >= 4 is 35.4 Å². The molecule has 2 amide bonds. The molecule has 146 valence electrons. The Labute approximate surface area is 165 Å². The normalized spacial score (nSPS) is 23.5. The van der Waals surface area contributed by atoms with Gasteiger partial charge in [-0.2, -0.15) is 0 Å². The van der Waals surface area contributed by atoms with Crippen LogP contribution >= 0.6 is 11.8 Å². The fraction of sp³-hybridized carbons (Fsp3) is 0.368. The number of esters is 1. The van der Waals surface area contributed by atoms with E-state index in [9.17, 15) is 14.4 Å². The molecule has 0 radical (unpaired) electrons. The van der Waals surface area contributed by atoms with E-state index >= 15 is 0 Å². The summed E-state index contributed by atoms with van der Waals surface area (Å²) in [5, 5.41) is 6.14. The van der Waals surface area contributed by atoms with Gasteiger partial charge >= 0.3 is 5.97 Å². The number of carbonyl (C=O) groups is 3. The molecule has 1 aromatic heterocycles. The Morgan fingerprint density at radius 1 is 1.39 bits per heavy atom. The number of aryl methyl sites for hydroxylation is 1. The quantitative estimate of drug-likeness (QED) is 0.765. The predicted octanol–water partition coefficient (Wildman–Crippen LogP) is 2.06. The second kappa shape index (κ2) is 7.31. The van der Waals surface area contributed by atoms with Crippen LogP contribution in [0.3, 0.4) is 0 Å². The Hall–Kier alpha value is -2.81. The van der Waals surface area contributed by atoms with E-state index in [0.717, 1.165) is 5.56 Å². The summed E-state index contributed by atoms with van der Waals surface area (Å²) in [6.07, 6.45) is 1.04. The third kappa shape index (κ3) is 3.26. The van der Waals surface area contributed by atoms with Crippen molar-refractivity contribution in [1.82, 2.24) is 10.1 Å². The van der Waals surface area contributed by atoms with Gasteiger partial charge in [-0.15, -0.1) is 11.8 Å². The van der Waals surface area contributed by atoms with Gasteiger partial charge in [-0.05, 0) is 18.9 Å². The Morgan fingerprint density at radius 2 is 2.18 bits per heavy atom. The predicted molar refractivity (Wildman–Crippen MR) is 101 cm³/mol. The van der Waals surface area contributed by atoms with Crippen LogP contribution < -0.4 is 5.32 Å². The Balaban J connectivity index is 1.42. The molecule has 9 heteroatoms. The number of ether oxygens (including phenoxy) is 1. The van der Waals surface area contributed by atoms with E-state index < -0.39 is 29.4 Å². The zero-order valence-corrected chi connectivity index (χ0v) is 16.0. The van der Waals surface area contributed by atoms with Gasteiger partial charge in [0, 0.05) is 18.2 Å². The topological polar surface area (TPSA) is 102 Å². The summed E-state index contributed by atoms with van der Waals surface area (Å²) < 4.78 is 10.1. The maximum Gasteiger partial charge on any atom is 0.330 e. The molecular formula is C19H19N3O5S. The molecule has 0 bridgehead atoms. The largest absolute Gasteiger partial charge is 0.454 e. The Bertz CT molecular complexity index is 915. The summed E-state index contributed by atoms with van der Waals surface area (Å²) in [6.45, 7) is 1.25. The second-order valence-electron chi connectivity index (χ2n) is 6.72. The molecule has 3 heterocycles. The van der Waals surface area contributed by atoms with Gasteiger partial charge in [-0.25, -0.2) is 4.79 Å². The molecule has 0 saturated carbocycles. The lowest BCUT2D eigenvalue weighted by atomic mass is 10.0. The maximum absolute atomic E-state index is 12.6. The summed E-state index contributed by atoms with van der Waals surface area (Å²) in [5.74, 6) is 0.0800. The molecule has 0 unspecified atom stereocenters. The number of carbonyl (C=O) groups excluding carboxylic acids is 3. The number of rotatable bonds is 5. The van der Waals surface area contributed by atoms with Gasteiger partial charge in [0.1, 0.15) is 16.7 Å². The molecule has 2 aromatic rings. The molecule has 28 heavy (non-hydrogen) atoms. The molecule has 1 aromatic carbocycles. The summed E-state index contributed by atoms with van der Waals surface area (Å²) in [7, 11) is 0. The average molecular weight is 401 g/mol. The van der Waals surface area contributed by atoms with Crippen molar-refractivity contribution in [3.63, 3.8) is 0 Å². The number of hydrogen-bond donors (Lipinski definition) is 1. The summed E-state index contributed by atoms with van der Waals surface area (Å²) in [4.78, 5) is 38.2. The van der Waals surface area contributed by atoms with Crippen LogP contribution in [0.15, 0.2) is 40.9 Å². The number of benzene rings is 1. The minimum Gasteiger partial charge on any atom is -0.454 e. The molecule has 2 aliphatic heterocycles. The van der Waals surface area contributed by atoms with Gasteiger partial charge in [0.05, 0.1) is 0 Å². The first-order valence-electron chi connectivity index (χ1n) is 8.91. The first-order valence-corrected chi connectivity index (χ1v) is 9.89. The van der Waals surface area contributed by atoms with Crippen LogP contribution in [0.1, 0.15) is 24.2 Å². The molecule has 0 aliphatic carbocycles. The van der Waals surface area contributed by atoms with Gasteiger partial charge in [0.15, 0.2) is 12.4 Å². The monoisotopic (exact) mass is 401 g/mol. The van der Waals surface area contributed by atoms with Gasteiger partial charge in [-0.3, -0.25) is 9.59 Å². The lowest BCUT2D eigenvalue weighted by molar-refractivity contribution is -0.155. The number of aromatic nitrogens is 1. The first kappa shape index (κ1) is 18.5. The lowest BCUT2D eigenvalue weighted by Gasteiger charge is -2.33. The van der Waals surface area contributed by atoms with E-state index in [0.29, 0.717) is 24.4 Å². The zero-order chi connectivity index (χ0) is 19.7. The average Bonchev–Trinajstić information content (AvgIpc) is 3.37. The number of nitrogens with one attached hydrogen (secondary N) is 1. The van der Waals surface area contributed by atoms with E-state index in [1.807, 2.05) is 30.3 Å². The highest BCUT2D eigenvalue weighted by Gasteiger charge is 2.57. The molecule has 2 saturated heterocycles. The smallest absolute Gasteiger partial charge is 0.330 e. The molecule has 4 rings (SSSR count). The van der Waals surface area contributed by atoms with Crippen LogP contribution in [0.2, 0.25) is 0 Å². The minimum atomic E-state index is -0.706. The number of amides is 2. The Morgan fingerprint density at radius 3 is 2.89 bits per heavy atom. The third-order valence-corrected chi connectivity index (χ3v) is 6.46. The summed E-state index contributed by atoms with van der Waals surface area (Å²) in [5.41, 5.74) is 1.00. The molecule has 8 nitrogen and oxygen atoms in total. The number of anilines is 1. The van der Waals surface area contributed by atoms with Crippen LogP contribution in [0.5, 0.6) is 0 Å². The third-order valence-electron chi connectivity index (χ3n) is 4.87. The number of thioether (sulfide) groups is 1. The number of fused-ring (bicyclic) bond motifs is 1. The number of hydrogen-bond acceptors (Lipinski definition) is 7. The van der Waals surface area contributed by atoms with Crippen LogP contribution in [0.4, 0.5) is 5.82 Å². The van der Waals surface area contributed by atoms with Gasteiger partial charge in [0.25, 0.3) is 5.91 Å². The van der Waals surface area contributed by atoms with Crippen LogP contribution in [-0.4, -0.2) is 46.2 Å². The standard InChI is InChI=1S/C19H19N3O5S/c1-12-9-15(21-27-12)20-16(23)10-26-18(25)14-11-28-19(8-7-17(24)22(14)19)13-5-3-2-4-6-13/h2-6,9,14H,7-8,10-11H2,1H3,(H,20,21,23)/t14-,19-/m1/s1. The first-order chi connectivity index (χ1) is 13.5. The fourth-order valence-corrected chi connectivity index (χ4v) is 5.29. The lowest BCUT2D eigenvalue weighted by Crippen LogP contribution is -2.47. The van der Waals surface area contributed by atoms with Crippen molar-refractivity contribution in [2.24, 2.45) is 0 Å². The van der Waals surface area contributed by atoms with Crippen molar-refractivity contribution in [1.29, 1.82) is 0 Å². The summed E-state index contributed by atoms with van der Waals surface area (Å²) in [6, 6.07) is 10.6. The summed E-state index contributed by atoms with van der Waals surface area (Å²) >= 11 is 1.57. The zero-order valence-electron chi connectivity index (χ0n) is 15.2. The van der Waals surface area contributed by atoms with Crippen molar-refractivity contribution in [2.45, 2.75) is 30.7 Å². The van der Waals surface area contributed by atoms with E-state index in [-0.39, 0.29) is 11.7 Å². The van der Waals surface area contributed by atoms with E-state index in [1.165, 1.54) is 0 Å². The van der Waals surface area contributed by atoms with Crippen molar-refractivity contribution in [3.8, 4) is 0 Å². The van der Waals surface area contributed by atoms with Crippen molar-refractivity contribution < 1.29 is 23.6 Å². The highest BCUT2D eigenvalue weighted by Crippen LogP contribution is 2.54. The SMILES string of the molecule is Cc1cc(NC(=O)COC(=O)[C@H]2CS[C@@]3(c4ccccc4)CCC(=O)N23)no1. The molecule has 0 spiro atoms. The maximum atomic E-state index is 12.6. The van der Waals surface area contributed by atoms with Crippen LogP contribution in [-0.2, 0) is 24.0 Å². The van der Waals surface area contributed by atoms with Crippen LogP contribution in [0, 0.1) is 6.92 Å². The van der Waals surface area contributed by atoms with Crippen molar-refractivity contribution in [2.75, 3.05) is 17.7 Å². The van der Waals surface area contributed by atoms with Crippen LogP contribution in [0.25, 0.3) is 0 Å². The minimum absolute atomic E-state index is 0.0710. The van der Waals surface area contributed by atoms with Crippen molar-refractivity contribution in [3.05, 3.63) is 47.7 Å². The van der Waals surface area contributed by atoms with E-state index in [2.05, 4.69) is 10.5 Å². The highest BCUT2D eigenvalue weighted by atomic mass is 32.2. The molecular weight excluding hydrogens is 382 g/mol. The molecule has 2 fully saturated rings. The Kier molecular flexibility index (Phi) is 4.84. The molecule has 2 aliphatic rings. The van der Waals surface area contributed by atoms with Gasteiger partial charge in [-0.1, -0.05) is 35.5 Å². The van der Waals surface area contributed by atoms with E-state index in [4.69, 9.17) is 9.26 Å². The second-order valence-corrected chi connectivity index (χ2v) is 8.02.